The van der Waals surface area contributed by atoms with Gasteiger partial charge in [0.05, 0.1) is 10.9 Å². The molecule has 130 valence electrons. The zero-order valence-corrected chi connectivity index (χ0v) is 15.6. The van der Waals surface area contributed by atoms with Crippen molar-refractivity contribution >= 4 is 15.9 Å². The number of carbonyl (C=O) groups is 1. The van der Waals surface area contributed by atoms with E-state index in [9.17, 15) is 13.2 Å². The van der Waals surface area contributed by atoms with E-state index in [-0.39, 0.29) is 23.1 Å². The molecule has 23 heavy (non-hydrogen) atoms. The number of amides is 1. The summed E-state index contributed by atoms with van der Waals surface area (Å²) in [5.74, 6) is 0.462. The van der Waals surface area contributed by atoms with Crippen molar-refractivity contribution in [3.8, 4) is 0 Å². The Balaban J connectivity index is 2.76. The normalized spacial score (nSPS) is 14.4. The zero-order valence-electron chi connectivity index (χ0n) is 14.7. The minimum absolute atomic E-state index is 0.134. The molecule has 0 heterocycles. The van der Waals surface area contributed by atoms with Gasteiger partial charge in [-0.25, -0.2) is 13.2 Å². The molecule has 5 nitrogen and oxygen atoms in total. The molecule has 0 aliphatic carbocycles. The van der Waals surface area contributed by atoms with Crippen LogP contribution in [0.1, 0.15) is 45.7 Å². The monoisotopic (exact) mass is 341 g/mol. The van der Waals surface area contributed by atoms with Gasteiger partial charge in [-0.15, -0.1) is 0 Å². The highest BCUT2D eigenvalue weighted by atomic mass is 32.2. The van der Waals surface area contributed by atoms with Crippen LogP contribution in [0.5, 0.6) is 0 Å². The second-order valence-corrected chi connectivity index (χ2v) is 8.47. The quantitative estimate of drug-likeness (QED) is 0.792. The fourth-order valence-electron chi connectivity index (χ4n) is 2.34. The van der Waals surface area contributed by atoms with Crippen molar-refractivity contribution < 1.29 is 17.9 Å². The number of sulfone groups is 1. The van der Waals surface area contributed by atoms with Gasteiger partial charge in [-0.1, -0.05) is 26.0 Å². The fourth-order valence-corrected chi connectivity index (χ4v) is 2.97. The van der Waals surface area contributed by atoms with Crippen molar-refractivity contribution in [2.75, 3.05) is 13.3 Å². The first-order valence-electron chi connectivity index (χ1n) is 7.75. The molecule has 0 fully saturated rings. The lowest BCUT2D eigenvalue weighted by Crippen LogP contribution is -2.32. The molecule has 0 aromatic heterocycles. The van der Waals surface area contributed by atoms with Gasteiger partial charge in [-0.3, -0.25) is 0 Å². The first-order valence-corrected chi connectivity index (χ1v) is 9.65. The predicted octanol–water partition coefficient (Wildman–Crippen LogP) is 3.65. The molecule has 0 saturated carbocycles. The molecule has 1 amide bonds. The lowest BCUT2D eigenvalue weighted by molar-refractivity contribution is 0.0593. The molecule has 0 bridgehead atoms. The van der Waals surface area contributed by atoms with Crippen molar-refractivity contribution in [3.05, 3.63) is 29.8 Å². The van der Waals surface area contributed by atoms with Crippen molar-refractivity contribution in [1.29, 1.82) is 0 Å². The molecular weight excluding hydrogens is 314 g/mol. The number of carbonyl (C=O) groups excluding carboxylic acids is 1. The summed E-state index contributed by atoms with van der Waals surface area (Å²) in [7, 11) is -1.53. The lowest BCUT2D eigenvalue weighted by Gasteiger charge is -2.27. The second-order valence-electron chi connectivity index (χ2n) is 6.45. The second kappa shape index (κ2) is 7.81. The zero-order chi connectivity index (χ0) is 17.8. The molecule has 1 rings (SSSR count). The van der Waals surface area contributed by atoms with Crippen molar-refractivity contribution in [2.45, 2.75) is 51.2 Å². The van der Waals surface area contributed by atoms with E-state index in [1.54, 1.807) is 31.3 Å². The summed E-state index contributed by atoms with van der Waals surface area (Å²) < 4.78 is 28.4. The Bertz CT molecular complexity index is 622. The molecule has 2 atom stereocenters. The molecule has 0 saturated heterocycles. The maximum atomic E-state index is 12.2. The average molecular weight is 341 g/mol. The molecule has 0 unspecified atom stereocenters. The minimum Gasteiger partial charge on any atom is -0.446 e. The molecule has 0 spiro atoms. The highest BCUT2D eigenvalue weighted by Gasteiger charge is 2.21. The summed E-state index contributed by atoms with van der Waals surface area (Å²) in [6.07, 6.45) is 1.48. The number of rotatable bonds is 6. The van der Waals surface area contributed by atoms with E-state index in [4.69, 9.17) is 4.74 Å². The predicted molar refractivity (Wildman–Crippen MR) is 91.1 cm³/mol. The minimum atomic E-state index is -3.21. The van der Waals surface area contributed by atoms with Crippen LogP contribution < -0.4 is 0 Å². The Morgan fingerprint density at radius 3 is 2.09 bits per heavy atom. The molecule has 1 aromatic rings. The van der Waals surface area contributed by atoms with Gasteiger partial charge in [0.25, 0.3) is 0 Å². The summed E-state index contributed by atoms with van der Waals surface area (Å²) in [6, 6.07) is 6.36. The molecule has 0 N–H and O–H groups in total. The van der Waals surface area contributed by atoms with E-state index in [0.29, 0.717) is 5.92 Å². The lowest BCUT2D eigenvalue weighted by atomic mass is 10.1. The SMILES string of the molecule is CC(C)C[C@@H](C)OC(=O)N(C)[C@@H](C)c1ccc(S(C)(=O)=O)cc1. The fraction of sp³-hybridized carbons (Fsp3) is 0.588. The third-order valence-electron chi connectivity index (χ3n) is 3.76. The molecular formula is C17H27NO4S. The van der Waals surface area contributed by atoms with Gasteiger partial charge in [0.1, 0.15) is 6.10 Å². The Kier molecular flexibility index (Phi) is 6.62. The first kappa shape index (κ1) is 19.5. The van der Waals surface area contributed by atoms with Crippen LogP contribution in [0.3, 0.4) is 0 Å². The van der Waals surface area contributed by atoms with Gasteiger partial charge >= 0.3 is 6.09 Å². The maximum absolute atomic E-state index is 12.2. The smallest absolute Gasteiger partial charge is 0.410 e. The van der Waals surface area contributed by atoms with Crippen LogP contribution in [0.2, 0.25) is 0 Å². The Morgan fingerprint density at radius 2 is 1.65 bits per heavy atom. The maximum Gasteiger partial charge on any atom is 0.410 e. The van der Waals surface area contributed by atoms with E-state index in [1.165, 1.54) is 11.2 Å². The third kappa shape index (κ3) is 5.86. The van der Waals surface area contributed by atoms with Gasteiger partial charge < -0.3 is 9.64 Å². The highest BCUT2D eigenvalue weighted by molar-refractivity contribution is 7.90. The third-order valence-corrected chi connectivity index (χ3v) is 4.89. The number of ether oxygens (including phenoxy) is 1. The van der Waals surface area contributed by atoms with Crippen LogP contribution >= 0.6 is 0 Å². The van der Waals surface area contributed by atoms with E-state index >= 15 is 0 Å². The molecule has 0 radical (unpaired) electrons. The van der Waals surface area contributed by atoms with E-state index < -0.39 is 9.84 Å². The molecule has 0 aliphatic heterocycles. The van der Waals surface area contributed by atoms with Gasteiger partial charge in [-0.2, -0.15) is 0 Å². The summed E-state index contributed by atoms with van der Waals surface area (Å²) in [5.41, 5.74) is 0.855. The van der Waals surface area contributed by atoms with Crippen LogP contribution in [0.4, 0.5) is 4.79 Å². The van der Waals surface area contributed by atoms with Crippen molar-refractivity contribution in [1.82, 2.24) is 4.90 Å². The molecule has 0 aliphatic rings. The van der Waals surface area contributed by atoms with Gasteiger partial charge in [0, 0.05) is 13.3 Å². The van der Waals surface area contributed by atoms with Gasteiger partial charge in [-0.05, 0) is 43.9 Å². The largest absolute Gasteiger partial charge is 0.446 e. The van der Waals surface area contributed by atoms with Crippen LogP contribution in [0.25, 0.3) is 0 Å². The summed E-state index contributed by atoms with van der Waals surface area (Å²) in [5, 5.41) is 0. The van der Waals surface area contributed by atoms with Crippen LogP contribution in [0.15, 0.2) is 29.2 Å². The Labute approximate surface area is 139 Å². The standard InChI is InChI=1S/C17H27NO4S/c1-12(2)11-13(3)22-17(19)18(5)14(4)15-7-9-16(10-8-15)23(6,20)21/h7-10,12-14H,11H2,1-6H3/t13-,14+/m1/s1. The summed E-state index contributed by atoms with van der Waals surface area (Å²) in [4.78, 5) is 14.0. The van der Waals surface area contributed by atoms with Crippen LogP contribution in [-0.4, -0.2) is 38.8 Å². The molecule has 1 aromatic carbocycles. The van der Waals surface area contributed by atoms with Gasteiger partial charge in [0.15, 0.2) is 9.84 Å². The summed E-state index contributed by atoms with van der Waals surface area (Å²) >= 11 is 0. The van der Waals surface area contributed by atoms with E-state index in [2.05, 4.69) is 13.8 Å². The summed E-state index contributed by atoms with van der Waals surface area (Å²) in [6.45, 7) is 7.93. The average Bonchev–Trinajstić information content (AvgIpc) is 2.43. The van der Waals surface area contributed by atoms with Gasteiger partial charge in [0.2, 0.25) is 0 Å². The van der Waals surface area contributed by atoms with E-state index in [1.807, 2.05) is 13.8 Å². The number of hydrogen-bond donors (Lipinski definition) is 0. The van der Waals surface area contributed by atoms with Crippen molar-refractivity contribution in [2.24, 2.45) is 5.92 Å². The van der Waals surface area contributed by atoms with Crippen LogP contribution in [-0.2, 0) is 14.6 Å². The number of hydrogen-bond acceptors (Lipinski definition) is 4. The van der Waals surface area contributed by atoms with E-state index in [0.717, 1.165) is 12.0 Å². The Morgan fingerprint density at radius 1 is 1.13 bits per heavy atom. The van der Waals surface area contributed by atoms with Crippen LogP contribution in [0, 0.1) is 5.92 Å². The highest BCUT2D eigenvalue weighted by Crippen LogP contribution is 2.22. The van der Waals surface area contributed by atoms with Crippen molar-refractivity contribution in [3.63, 3.8) is 0 Å². The first-order chi connectivity index (χ1) is 10.5. The Hall–Kier alpha value is -1.56. The number of benzene rings is 1. The molecule has 6 heteroatoms. The topological polar surface area (TPSA) is 63.7 Å². The number of nitrogens with zero attached hydrogens (tertiary/aromatic N) is 1.